The normalized spacial score (nSPS) is 13.6. The van der Waals surface area contributed by atoms with Gasteiger partial charge in [0.15, 0.2) is 0 Å². The Morgan fingerprint density at radius 3 is 2.62 bits per heavy atom. The number of nitrogens with one attached hydrogen (secondary N) is 1. The molecule has 3 aromatic rings. The van der Waals surface area contributed by atoms with Gasteiger partial charge in [0.05, 0.1) is 13.0 Å². The van der Waals surface area contributed by atoms with Crippen molar-refractivity contribution in [3.8, 4) is 0 Å². The minimum Gasteiger partial charge on any atom is -0.383 e. The second-order valence-electron chi connectivity index (χ2n) is 6.00. The van der Waals surface area contributed by atoms with E-state index in [0.717, 1.165) is 20.5 Å². The Kier molecular flexibility index (Phi) is 4.64. The van der Waals surface area contributed by atoms with E-state index in [4.69, 9.17) is 0 Å². The molecule has 0 bridgehead atoms. The van der Waals surface area contributed by atoms with Crippen LogP contribution in [0.1, 0.15) is 17.4 Å². The zero-order valence-corrected chi connectivity index (χ0v) is 14.1. The Bertz CT molecular complexity index is 822. The standard InChI is InChI=1S/C19H18FNO2S/c1-19(23,17-11-14-4-2-3-5-16(14)24-17)12-21-18(22)10-13-6-8-15(20)9-7-13/h2-9,11,23H,10,12H2,1H3,(H,21,22)/t19-/m0/s1. The molecule has 2 N–H and O–H groups in total. The number of halogens is 1. The first-order chi connectivity index (χ1) is 11.4. The summed E-state index contributed by atoms with van der Waals surface area (Å²) in [5.74, 6) is -0.533. The van der Waals surface area contributed by atoms with Gasteiger partial charge in [-0.15, -0.1) is 11.3 Å². The second-order valence-corrected chi connectivity index (χ2v) is 7.09. The largest absolute Gasteiger partial charge is 0.383 e. The lowest BCUT2D eigenvalue weighted by Crippen LogP contribution is -2.38. The topological polar surface area (TPSA) is 49.3 Å². The van der Waals surface area contributed by atoms with Crippen LogP contribution in [-0.4, -0.2) is 17.6 Å². The molecule has 124 valence electrons. The van der Waals surface area contributed by atoms with Gasteiger partial charge in [0.1, 0.15) is 11.4 Å². The van der Waals surface area contributed by atoms with Crippen LogP contribution < -0.4 is 5.32 Å². The van der Waals surface area contributed by atoms with Crippen molar-refractivity contribution in [1.82, 2.24) is 5.32 Å². The minimum atomic E-state index is -1.14. The molecule has 1 atom stereocenters. The maximum absolute atomic E-state index is 12.9. The quantitative estimate of drug-likeness (QED) is 0.743. The highest BCUT2D eigenvalue weighted by Crippen LogP contribution is 2.32. The van der Waals surface area contributed by atoms with Crippen molar-refractivity contribution in [3.05, 3.63) is 70.9 Å². The van der Waals surface area contributed by atoms with Crippen molar-refractivity contribution in [2.75, 3.05) is 6.54 Å². The van der Waals surface area contributed by atoms with Crippen LogP contribution in [0.15, 0.2) is 54.6 Å². The molecular formula is C19H18FNO2S. The molecule has 0 unspecified atom stereocenters. The Hall–Kier alpha value is -2.24. The zero-order chi connectivity index (χ0) is 17.2. The fourth-order valence-corrected chi connectivity index (χ4v) is 3.56. The number of benzene rings is 2. The van der Waals surface area contributed by atoms with Gasteiger partial charge < -0.3 is 10.4 Å². The van der Waals surface area contributed by atoms with Crippen LogP contribution in [0.3, 0.4) is 0 Å². The van der Waals surface area contributed by atoms with E-state index in [1.54, 1.807) is 19.1 Å². The van der Waals surface area contributed by atoms with Gasteiger partial charge in [0, 0.05) is 9.58 Å². The molecule has 5 heteroatoms. The van der Waals surface area contributed by atoms with E-state index in [0.29, 0.717) is 0 Å². The van der Waals surface area contributed by atoms with Crippen molar-refractivity contribution in [3.63, 3.8) is 0 Å². The summed E-state index contributed by atoms with van der Waals surface area (Å²) in [7, 11) is 0. The maximum Gasteiger partial charge on any atom is 0.224 e. The molecule has 0 fully saturated rings. The zero-order valence-electron chi connectivity index (χ0n) is 13.3. The molecule has 24 heavy (non-hydrogen) atoms. The molecule has 0 spiro atoms. The van der Waals surface area contributed by atoms with E-state index in [1.165, 1.54) is 23.5 Å². The summed E-state index contributed by atoms with van der Waals surface area (Å²) in [5.41, 5.74) is -0.405. The number of carbonyl (C=O) groups excluding carboxylic acids is 1. The average Bonchev–Trinajstić information content (AvgIpc) is 3.00. The third-order valence-corrected chi connectivity index (χ3v) is 5.23. The molecule has 0 radical (unpaired) electrons. The van der Waals surface area contributed by atoms with Crippen molar-refractivity contribution < 1.29 is 14.3 Å². The summed E-state index contributed by atoms with van der Waals surface area (Å²) in [6.07, 6.45) is 0.156. The van der Waals surface area contributed by atoms with Crippen LogP contribution in [0, 0.1) is 5.82 Å². The fraction of sp³-hybridized carbons (Fsp3) is 0.211. The van der Waals surface area contributed by atoms with Crippen molar-refractivity contribution >= 4 is 27.3 Å². The summed E-state index contributed by atoms with van der Waals surface area (Å²) in [6.45, 7) is 1.82. The second kappa shape index (κ2) is 6.71. The summed E-state index contributed by atoms with van der Waals surface area (Å²) in [4.78, 5) is 12.8. The molecule has 0 saturated carbocycles. The highest BCUT2D eigenvalue weighted by molar-refractivity contribution is 7.19. The number of thiophene rings is 1. The van der Waals surface area contributed by atoms with E-state index in [2.05, 4.69) is 5.32 Å². The molecule has 3 nitrogen and oxygen atoms in total. The molecule has 0 aliphatic rings. The van der Waals surface area contributed by atoms with Gasteiger partial charge in [-0.3, -0.25) is 4.79 Å². The number of aliphatic hydroxyl groups is 1. The molecule has 1 amide bonds. The Morgan fingerprint density at radius 1 is 1.21 bits per heavy atom. The van der Waals surface area contributed by atoms with Gasteiger partial charge in [-0.2, -0.15) is 0 Å². The van der Waals surface area contributed by atoms with E-state index < -0.39 is 5.60 Å². The Morgan fingerprint density at radius 2 is 1.92 bits per heavy atom. The highest BCUT2D eigenvalue weighted by Gasteiger charge is 2.26. The van der Waals surface area contributed by atoms with Gasteiger partial charge in [0.25, 0.3) is 0 Å². The molecule has 0 saturated heterocycles. The number of fused-ring (bicyclic) bond motifs is 1. The predicted octanol–water partition coefficient (Wildman–Crippen LogP) is 3.61. The molecule has 0 aliphatic carbocycles. The Labute approximate surface area is 143 Å². The predicted molar refractivity (Wildman–Crippen MR) is 94.5 cm³/mol. The molecule has 3 rings (SSSR count). The third kappa shape index (κ3) is 3.80. The Balaban J connectivity index is 1.63. The molecule has 0 aliphatic heterocycles. The first-order valence-electron chi connectivity index (χ1n) is 7.67. The van der Waals surface area contributed by atoms with Gasteiger partial charge in [-0.1, -0.05) is 30.3 Å². The van der Waals surface area contributed by atoms with Crippen LogP contribution in [0.5, 0.6) is 0 Å². The molecule has 2 aromatic carbocycles. The first kappa shape index (κ1) is 16.6. The van der Waals surface area contributed by atoms with Gasteiger partial charge in [-0.05, 0) is 42.1 Å². The summed E-state index contributed by atoms with van der Waals surface area (Å²) >= 11 is 1.52. The molecule has 1 aromatic heterocycles. The first-order valence-corrected chi connectivity index (χ1v) is 8.48. The number of rotatable bonds is 5. The maximum atomic E-state index is 12.9. The SMILES string of the molecule is C[C@](O)(CNC(=O)Cc1ccc(F)cc1)c1cc2ccccc2s1. The van der Waals surface area contributed by atoms with Crippen LogP contribution in [0.25, 0.3) is 10.1 Å². The van der Waals surface area contributed by atoms with E-state index in [-0.39, 0.29) is 24.7 Å². The lowest BCUT2D eigenvalue weighted by molar-refractivity contribution is -0.121. The van der Waals surface area contributed by atoms with Crippen molar-refractivity contribution in [1.29, 1.82) is 0 Å². The van der Waals surface area contributed by atoms with Crippen LogP contribution in [-0.2, 0) is 16.8 Å². The van der Waals surface area contributed by atoms with E-state index in [1.807, 2.05) is 30.3 Å². The average molecular weight is 343 g/mol. The van der Waals surface area contributed by atoms with Crippen molar-refractivity contribution in [2.45, 2.75) is 18.9 Å². The molecule has 1 heterocycles. The fourth-order valence-electron chi connectivity index (χ4n) is 2.46. The van der Waals surface area contributed by atoms with Crippen LogP contribution in [0.4, 0.5) is 4.39 Å². The number of hydrogen-bond acceptors (Lipinski definition) is 3. The van der Waals surface area contributed by atoms with Crippen LogP contribution >= 0.6 is 11.3 Å². The minimum absolute atomic E-state index is 0.125. The van der Waals surface area contributed by atoms with Gasteiger partial charge in [-0.25, -0.2) is 4.39 Å². The summed E-state index contributed by atoms with van der Waals surface area (Å²) < 4.78 is 14.0. The van der Waals surface area contributed by atoms with E-state index >= 15 is 0 Å². The highest BCUT2D eigenvalue weighted by atomic mass is 32.1. The molecular weight excluding hydrogens is 325 g/mol. The smallest absolute Gasteiger partial charge is 0.224 e. The van der Waals surface area contributed by atoms with Gasteiger partial charge in [0.2, 0.25) is 5.91 Å². The third-order valence-electron chi connectivity index (χ3n) is 3.86. The monoisotopic (exact) mass is 343 g/mol. The number of amides is 1. The van der Waals surface area contributed by atoms with Crippen LogP contribution in [0.2, 0.25) is 0 Å². The summed E-state index contributed by atoms with van der Waals surface area (Å²) in [5, 5.41) is 14.5. The lowest BCUT2D eigenvalue weighted by atomic mass is 10.0. The number of carbonyl (C=O) groups is 1. The van der Waals surface area contributed by atoms with Crippen molar-refractivity contribution in [2.24, 2.45) is 0 Å². The summed E-state index contributed by atoms with van der Waals surface area (Å²) in [6, 6.07) is 15.7. The van der Waals surface area contributed by atoms with Gasteiger partial charge >= 0.3 is 0 Å². The number of hydrogen-bond donors (Lipinski definition) is 2. The lowest BCUT2D eigenvalue weighted by Gasteiger charge is -2.22. The van der Waals surface area contributed by atoms with E-state index in [9.17, 15) is 14.3 Å².